The van der Waals surface area contributed by atoms with Gasteiger partial charge in [0, 0.05) is 13.2 Å². The van der Waals surface area contributed by atoms with E-state index in [1.54, 1.807) is 7.11 Å². The second kappa shape index (κ2) is 6.91. The maximum Gasteiger partial charge on any atom is 0.0623 e. The van der Waals surface area contributed by atoms with Crippen molar-refractivity contribution in [3.63, 3.8) is 0 Å². The van der Waals surface area contributed by atoms with Crippen molar-refractivity contribution in [1.82, 2.24) is 0 Å². The largest absolute Gasteiger partial charge is 0.379 e. The topological polar surface area (TPSA) is 35.2 Å². The normalized spacial score (nSPS) is 13.6. The van der Waals surface area contributed by atoms with Crippen LogP contribution < -0.4 is 5.73 Å². The van der Waals surface area contributed by atoms with E-state index in [4.69, 9.17) is 10.5 Å². The lowest BCUT2D eigenvalue weighted by atomic mass is 9.95. The van der Waals surface area contributed by atoms with E-state index in [9.17, 15) is 0 Å². The fraction of sp³-hybridized carbons (Fsp3) is 0.625. The molecular formula is C16H27NO. The van der Waals surface area contributed by atoms with Gasteiger partial charge in [0.1, 0.15) is 0 Å². The second-order valence-corrected chi connectivity index (χ2v) is 5.73. The molecule has 0 saturated heterocycles. The van der Waals surface area contributed by atoms with Gasteiger partial charge in [0.05, 0.1) is 5.60 Å². The fourth-order valence-corrected chi connectivity index (χ4v) is 2.01. The Hall–Kier alpha value is -0.860. The summed E-state index contributed by atoms with van der Waals surface area (Å²) in [5.41, 5.74) is 8.90. The number of nitrogens with two attached hydrogens (primary N) is 1. The highest BCUT2D eigenvalue weighted by molar-refractivity contribution is 5.25. The number of hydrogen-bond acceptors (Lipinski definition) is 2. The molecule has 0 spiro atoms. The molecule has 1 unspecified atom stereocenters. The van der Waals surface area contributed by atoms with E-state index in [0.29, 0.717) is 0 Å². The second-order valence-electron chi connectivity index (χ2n) is 5.73. The van der Waals surface area contributed by atoms with Crippen LogP contribution in [0.25, 0.3) is 0 Å². The van der Waals surface area contributed by atoms with Crippen LogP contribution in [-0.2, 0) is 11.2 Å². The SMILES string of the molecule is COC(C)(C)CCC(N)CCc1ccccc1C. The number of benzene rings is 1. The molecule has 0 aliphatic carbocycles. The minimum Gasteiger partial charge on any atom is -0.379 e. The summed E-state index contributed by atoms with van der Waals surface area (Å²) in [4.78, 5) is 0. The van der Waals surface area contributed by atoms with Crippen molar-refractivity contribution in [2.75, 3.05) is 7.11 Å². The van der Waals surface area contributed by atoms with E-state index in [-0.39, 0.29) is 11.6 Å². The standard InChI is InChI=1S/C16H27NO/c1-13-7-5-6-8-14(13)9-10-15(17)11-12-16(2,3)18-4/h5-8,15H,9-12,17H2,1-4H3. The summed E-state index contributed by atoms with van der Waals surface area (Å²) in [5.74, 6) is 0. The predicted octanol–water partition coefficient (Wildman–Crippen LogP) is 3.46. The molecule has 2 heteroatoms. The van der Waals surface area contributed by atoms with Gasteiger partial charge in [0.2, 0.25) is 0 Å². The van der Waals surface area contributed by atoms with Crippen molar-refractivity contribution in [2.24, 2.45) is 5.73 Å². The van der Waals surface area contributed by atoms with Crippen molar-refractivity contribution in [1.29, 1.82) is 0 Å². The van der Waals surface area contributed by atoms with Gasteiger partial charge < -0.3 is 10.5 Å². The maximum absolute atomic E-state index is 6.18. The van der Waals surface area contributed by atoms with Gasteiger partial charge in [-0.25, -0.2) is 0 Å². The minimum atomic E-state index is -0.0553. The summed E-state index contributed by atoms with van der Waals surface area (Å²) in [5, 5.41) is 0. The first kappa shape index (κ1) is 15.2. The minimum absolute atomic E-state index is 0.0553. The highest BCUT2D eigenvalue weighted by Gasteiger charge is 2.17. The van der Waals surface area contributed by atoms with Gasteiger partial charge >= 0.3 is 0 Å². The molecule has 0 aliphatic heterocycles. The van der Waals surface area contributed by atoms with Crippen LogP contribution in [-0.4, -0.2) is 18.8 Å². The van der Waals surface area contributed by atoms with E-state index in [1.165, 1.54) is 11.1 Å². The average Bonchev–Trinajstić information content (AvgIpc) is 2.35. The first-order chi connectivity index (χ1) is 8.44. The molecule has 0 radical (unpaired) electrons. The van der Waals surface area contributed by atoms with Crippen molar-refractivity contribution < 1.29 is 4.74 Å². The van der Waals surface area contributed by atoms with Crippen LogP contribution in [0.5, 0.6) is 0 Å². The van der Waals surface area contributed by atoms with Crippen LogP contribution in [0.1, 0.15) is 44.2 Å². The molecule has 0 aromatic heterocycles. The van der Waals surface area contributed by atoms with Crippen molar-refractivity contribution in [2.45, 2.75) is 58.1 Å². The van der Waals surface area contributed by atoms with Gasteiger partial charge in [-0.15, -0.1) is 0 Å². The maximum atomic E-state index is 6.18. The zero-order valence-electron chi connectivity index (χ0n) is 12.2. The monoisotopic (exact) mass is 249 g/mol. The van der Waals surface area contributed by atoms with Crippen molar-refractivity contribution in [3.8, 4) is 0 Å². The van der Waals surface area contributed by atoms with Crippen LogP contribution in [0.3, 0.4) is 0 Å². The highest BCUT2D eigenvalue weighted by atomic mass is 16.5. The third-order valence-corrected chi connectivity index (χ3v) is 3.72. The van der Waals surface area contributed by atoms with Crippen LogP contribution >= 0.6 is 0 Å². The molecule has 1 rings (SSSR count). The summed E-state index contributed by atoms with van der Waals surface area (Å²) in [6, 6.07) is 8.80. The van der Waals surface area contributed by atoms with Crippen LogP contribution in [0.15, 0.2) is 24.3 Å². The summed E-state index contributed by atoms with van der Waals surface area (Å²) in [7, 11) is 1.76. The zero-order valence-corrected chi connectivity index (χ0v) is 12.2. The number of rotatable bonds is 7. The fourth-order valence-electron chi connectivity index (χ4n) is 2.01. The third-order valence-electron chi connectivity index (χ3n) is 3.72. The van der Waals surface area contributed by atoms with E-state index in [1.807, 2.05) is 0 Å². The van der Waals surface area contributed by atoms with E-state index >= 15 is 0 Å². The van der Waals surface area contributed by atoms with Gasteiger partial charge in [0.25, 0.3) is 0 Å². The zero-order chi connectivity index (χ0) is 13.6. The highest BCUT2D eigenvalue weighted by Crippen LogP contribution is 2.18. The molecule has 0 amide bonds. The Kier molecular flexibility index (Phi) is 5.83. The Bertz CT molecular complexity index is 360. The van der Waals surface area contributed by atoms with Gasteiger partial charge in [-0.1, -0.05) is 24.3 Å². The number of aryl methyl sites for hydroxylation is 2. The predicted molar refractivity (Wildman–Crippen MR) is 77.8 cm³/mol. The molecule has 0 saturated carbocycles. The molecule has 2 nitrogen and oxygen atoms in total. The van der Waals surface area contributed by atoms with Crippen LogP contribution in [0.4, 0.5) is 0 Å². The first-order valence-corrected chi connectivity index (χ1v) is 6.80. The Morgan fingerprint density at radius 2 is 1.89 bits per heavy atom. The molecule has 102 valence electrons. The van der Waals surface area contributed by atoms with Gasteiger partial charge in [-0.05, 0) is 57.6 Å². The summed E-state index contributed by atoms with van der Waals surface area (Å²) >= 11 is 0. The molecule has 1 aromatic carbocycles. The molecule has 1 aromatic rings. The lowest BCUT2D eigenvalue weighted by molar-refractivity contribution is 0.0124. The number of methoxy groups -OCH3 is 1. The summed E-state index contributed by atoms with van der Waals surface area (Å²) < 4.78 is 5.41. The lowest BCUT2D eigenvalue weighted by Crippen LogP contribution is -2.28. The molecule has 18 heavy (non-hydrogen) atoms. The Morgan fingerprint density at radius 1 is 1.22 bits per heavy atom. The Labute approximate surface area is 112 Å². The van der Waals surface area contributed by atoms with Crippen molar-refractivity contribution in [3.05, 3.63) is 35.4 Å². The van der Waals surface area contributed by atoms with Crippen molar-refractivity contribution >= 4 is 0 Å². The molecule has 0 aliphatic rings. The van der Waals surface area contributed by atoms with E-state index < -0.39 is 0 Å². The molecule has 0 heterocycles. The van der Waals surface area contributed by atoms with Gasteiger partial charge in [0.15, 0.2) is 0 Å². The molecule has 1 atom stereocenters. The molecular weight excluding hydrogens is 222 g/mol. The number of hydrogen-bond donors (Lipinski definition) is 1. The Morgan fingerprint density at radius 3 is 2.50 bits per heavy atom. The van der Waals surface area contributed by atoms with Gasteiger partial charge in [-0.3, -0.25) is 0 Å². The Balaban J connectivity index is 2.34. The summed E-state index contributed by atoms with van der Waals surface area (Å²) in [6.07, 6.45) is 4.15. The lowest BCUT2D eigenvalue weighted by Gasteiger charge is -2.24. The van der Waals surface area contributed by atoms with Gasteiger partial charge in [-0.2, -0.15) is 0 Å². The third kappa shape index (κ3) is 5.19. The molecule has 0 fully saturated rings. The molecule has 0 bridgehead atoms. The number of ether oxygens (including phenoxy) is 1. The summed E-state index contributed by atoms with van der Waals surface area (Å²) in [6.45, 7) is 6.39. The smallest absolute Gasteiger partial charge is 0.0623 e. The quantitative estimate of drug-likeness (QED) is 0.803. The average molecular weight is 249 g/mol. The molecule has 2 N–H and O–H groups in total. The van der Waals surface area contributed by atoms with Crippen LogP contribution in [0, 0.1) is 6.92 Å². The van der Waals surface area contributed by atoms with E-state index in [0.717, 1.165) is 25.7 Å². The first-order valence-electron chi connectivity index (χ1n) is 6.80. The van der Waals surface area contributed by atoms with Crippen LogP contribution in [0.2, 0.25) is 0 Å². The van der Waals surface area contributed by atoms with E-state index in [2.05, 4.69) is 45.0 Å².